The number of para-hydroxylation sites is 1. The SMILES string of the molecule is Cc1ccccc1OC1=CC(=O)N(C(CC(C)C)C(=O)O)C1. The van der Waals surface area contributed by atoms with Crippen molar-refractivity contribution in [3.05, 3.63) is 41.7 Å². The highest BCUT2D eigenvalue weighted by atomic mass is 16.5. The second kappa shape index (κ2) is 6.64. The molecule has 0 fully saturated rings. The van der Waals surface area contributed by atoms with E-state index in [1.54, 1.807) is 0 Å². The van der Waals surface area contributed by atoms with Crippen LogP contribution < -0.4 is 4.74 Å². The van der Waals surface area contributed by atoms with Crippen molar-refractivity contribution in [2.24, 2.45) is 5.92 Å². The Morgan fingerprint density at radius 1 is 1.36 bits per heavy atom. The van der Waals surface area contributed by atoms with E-state index in [1.807, 2.05) is 45.0 Å². The van der Waals surface area contributed by atoms with E-state index in [9.17, 15) is 14.7 Å². The highest BCUT2D eigenvalue weighted by Gasteiger charge is 2.34. The van der Waals surface area contributed by atoms with Crippen molar-refractivity contribution >= 4 is 11.9 Å². The van der Waals surface area contributed by atoms with Gasteiger partial charge in [-0.3, -0.25) is 4.79 Å². The minimum absolute atomic E-state index is 0.190. The lowest BCUT2D eigenvalue weighted by atomic mass is 10.0. The van der Waals surface area contributed by atoms with Gasteiger partial charge < -0.3 is 14.7 Å². The summed E-state index contributed by atoms with van der Waals surface area (Å²) < 4.78 is 5.75. The third kappa shape index (κ3) is 3.67. The Hall–Kier alpha value is -2.30. The largest absolute Gasteiger partial charge is 0.480 e. The Bertz CT molecular complexity index is 606. The first-order valence-electron chi connectivity index (χ1n) is 7.36. The third-order valence-corrected chi connectivity index (χ3v) is 3.58. The molecule has 1 heterocycles. The van der Waals surface area contributed by atoms with Crippen LogP contribution in [-0.2, 0) is 9.59 Å². The van der Waals surface area contributed by atoms with Crippen LogP contribution in [0.4, 0.5) is 0 Å². The molecule has 0 bridgehead atoms. The smallest absolute Gasteiger partial charge is 0.326 e. The van der Waals surface area contributed by atoms with Crippen molar-refractivity contribution in [3.63, 3.8) is 0 Å². The molecule has 1 aromatic rings. The number of ether oxygens (including phenoxy) is 1. The molecule has 5 nitrogen and oxygen atoms in total. The first-order valence-corrected chi connectivity index (χ1v) is 7.36. The fourth-order valence-electron chi connectivity index (χ4n) is 2.46. The first kappa shape index (κ1) is 16.1. The molecule has 0 saturated heterocycles. The lowest BCUT2D eigenvalue weighted by molar-refractivity contribution is -0.148. The Kier molecular flexibility index (Phi) is 4.85. The summed E-state index contributed by atoms with van der Waals surface area (Å²) in [4.78, 5) is 24.9. The van der Waals surface area contributed by atoms with Gasteiger partial charge in [0.25, 0.3) is 5.91 Å². The number of carbonyl (C=O) groups excluding carboxylic acids is 1. The lowest BCUT2D eigenvalue weighted by Crippen LogP contribution is -2.43. The minimum Gasteiger partial charge on any atom is -0.480 e. The molecule has 1 amide bonds. The van der Waals surface area contributed by atoms with Gasteiger partial charge in [0.2, 0.25) is 0 Å². The number of aliphatic carboxylic acids is 1. The second-order valence-corrected chi connectivity index (χ2v) is 5.93. The van der Waals surface area contributed by atoms with Crippen molar-refractivity contribution in [1.29, 1.82) is 0 Å². The maximum Gasteiger partial charge on any atom is 0.326 e. The van der Waals surface area contributed by atoms with Crippen LogP contribution in [0.1, 0.15) is 25.8 Å². The fourth-order valence-corrected chi connectivity index (χ4v) is 2.46. The topological polar surface area (TPSA) is 66.8 Å². The molecule has 118 valence electrons. The fraction of sp³-hybridized carbons (Fsp3) is 0.412. The number of amides is 1. The highest BCUT2D eigenvalue weighted by molar-refractivity contribution is 5.94. The zero-order valence-corrected chi connectivity index (χ0v) is 13.1. The molecule has 5 heteroatoms. The highest BCUT2D eigenvalue weighted by Crippen LogP contribution is 2.24. The molecule has 0 aliphatic carbocycles. The van der Waals surface area contributed by atoms with Gasteiger partial charge in [-0.25, -0.2) is 4.79 Å². The molecule has 1 aliphatic heterocycles. The maximum absolute atomic E-state index is 12.1. The van der Waals surface area contributed by atoms with Gasteiger partial charge in [-0.2, -0.15) is 0 Å². The molecule has 2 rings (SSSR count). The van der Waals surface area contributed by atoms with Crippen molar-refractivity contribution in [2.45, 2.75) is 33.2 Å². The normalized spacial score (nSPS) is 15.9. The van der Waals surface area contributed by atoms with E-state index in [4.69, 9.17) is 4.74 Å². The van der Waals surface area contributed by atoms with Gasteiger partial charge in [0, 0.05) is 6.08 Å². The molecule has 1 atom stereocenters. The predicted octanol–water partition coefficient (Wildman–Crippen LogP) is 2.60. The van der Waals surface area contributed by atoms with Crippen LogP contribution in [0, 0.1) is 12.8 Å². The summed E-state index contributed by atoms with van der Waals surface area (Å²) in [6.07, 6.45) is 1.80. The van der Waals surface area contributed by atoms with Crippen LogP contribution in [-0.4, -0.2) is 34.5 Å². The molecule has 1 unspecified atom stereocenters. The van der Waals surface area contributed by atoms with E-state index in [0.717, 1.165) is 5.56 Å². The van der Waals surface area contributed by atoms with E-state index in [0.29, 0.717) is 17.9 Å². The van der Waals surface area contributed by atoms with Gasteiger partial charge in [-0.1, -0.05) is 32.0 Å². The van der Waals surface area contributed by atoms with Gasteiger partial charge >= 0.3 is 5.97 Å². The minimum atomic E-state index is -0.979. The number of carboxylic acids is 1. The van der Waals surface area contributed by atoms with Crippen LogP contribution in [0.25, 0.3) is 0 Å². The summed E-state index contributed by atoms with van der Waals surface area (Å²) >= 11 is 0. The Labute approximate surface area is 130 Å². The number of carbonyl (C=O) groups is 2. The van der Waals surface area contributed by atoms with E-state index >= 15 is 0 Å². The lowest BCUT2D eigenvalue weighted by Gasteiger charge is -2.25. The Morgan fingerprint density at radius 2 is 2.05 bits per heavy atom. The number of nitrogens with zero attached hydrogens (tertiary/aromatic N) is 1. The van der Waals surface area contributed by atoms with Crippen LogP contribution in [0.5, 0.6) is 5.75 Å². The summed E-state index contributed by atoms with van der Waals surface area (Å²) in [6.45, 7) is 5.99. The monoisotopic (exact) mass is 303 g/mol. The van der Waals surface area contributed by atoms with Crippen molar-refractivity contribution in [3.8, 4) is 5.75 Å². The molecular weight excluding hydrogens is 282 g/mol. The molecule has 1 N–H and O–H groups in total. The quantitative estimate of drug-likeness (QED) is 0.877. The summed E-state index contributed by atoms with van der Waals surface area (Å²) in [7, 11) is 0. The zero-order chi connectivity index (χ0) is 16.3. The van der Waals surface area contributed by atoms with Gasteiger partial charge in [-0.15, -0.1) is 0 Å². The summed E-state index contributed by atoms with van der Waals surface area (Å²) in [5, 5.41) is 9.36. The van der Waals surface area contributed by atoms with Gasteiger partial charge in [0.15, 0.2) is 0 Å². The Morgan fingerprint density at radius 3 is 2.64 bits per heavy atom. The second-order valence-electron chi connectivity index (χ2n) is 5.93. The van der Waals surface area contributed by atoms with Crippen LogP contribution >= 0.6 is 0 Å². The molecule has 0 spiro atoms. The van der Waals surface area contributed by atoms with Gasteiger partial charge in [0.1, 0.15) is 17.6 Å². The predicted molar refractivity (Wildman–Crippen MR) is 82.5 cm³/mol. The van der Waals surface area contributed by atoms with E-state index in [1.165, 1.54) is 11.0 Å². The van der Waals surface area contributed by atoms with E-state index < -0.39 is 12.0 Å². The number of hydrogen-bond acceptors (Lipinski definition) is 3. The number of carboxylic acid groups (broad SMARTS) is 1. The molecule has 22 heavy (non-hydrogen) atoms. The number of benzene rings is 1. The van der Waals surface area contributed by atoms with Gasteiger partial charge in [0.05, 0.1) is 6.54 Å². The van der Waals surface area contributed by atoms with Crippen molar-refractivity contribution < 1.29 is 19.4 Å². The molecule has 1 aromatic carbocycles. The van der Waals surface area contributed by atoms with Crippen LogP contribution in [0.15, 0.2) is 36.1 Å². The maximum atomic E-state index is 12.1. The third-order valence-electron chi connectivity index (χ3n) is 3.58. The number of rotatable bonds is 6. The number of aryl methyl sites for hydroxylation is 1. The molecular formula is C17H21NO4. The average Bonchev–Trinajstić information content (AvgIpc) is 2.79. The van der Waals surface area contributed by atoms with Crippen molar-refractivity contribution in [2.75, 3.05) is 6.54 Å². The molecule has 1 aliphatic rings. The zero-order valence-electron chi connectivity index (χ0n) is 13.1. The standard InChI is InChI=1S/C17H21NO4/c1-11(2)8-14(17(20)21)18-10-13(9-16(18)19)22-15-7-5-4-6-12(15)3/h4-7,9,11,14H,8,10H2,1-3H3,(H,20,21). The number of hydrogen-bond donors (Lipinski definition) is 1. The first-order chi connectivity index (χ1) is 10.4. The Balaban J connectivity index is 2.10. The van der Waals surface area contributed by atoms with Gasteiger partial charge in [-0.05, 0) is 30.9 Å². The van der Waals surface area contributed by atoms with Crippen LogP contribution in [0.2, 0.25) is 0 Å². The van der Waals surface area contributed by atoms with Crippen LogP contribution in [0.3, 0.4) is 0 Å². The molecule has 0 saturated carbocycles. The van der Waals surface area contributed by atoms with E-state index in [2.05, 4.69) is 0 Å². The summed E-state index contributed by atoms with van der Waals surface area (Å²) in [6, 6.07) is 6.69. The average molecular weight is 303 g/mol. The summed E-state index contributed by atoms with van der Waals surface area (Å²) in [5.41, 5.74) is 0.964. The molecule has 0 aromatic heterocycles. The van der Waals surface area contributed by atoms with Crippen molar-refractivity contribution in [1.82, 2.24) is 4.90 Å². The summed E-state index contributed by atoms with van der Waals surface area (Å²) in [5.74, 6) is 0.0629. The van der Waals surface area contributed by atoms with E-state index in [-0.39, 0.29) is 18.4 Å². The molecule has 0 radical (unpaired) electrons.